The molecule has 0 radical (unpaired) electrons. The molecule has 0 spiro atoms. The molecule has 1 heterocycles. The number of aliphatic hydroxyl groups excluding tert-OH is 1. The number of hydrogen-bond donors (Lipinski definition) is 1. The Bertz CT molecular complexity index is 1910. The van der Waals surface area contributed by atoms with Crippen molar-refractivity contribution in [3.8, 4) is 0 Å². The maximum Gasteiger partial charge on any atom is 0.192 e. The van der Waals surface area contributed by atoms with Crippen molar-refractivity contribution in [3.05, 3.63) is 65.8 Å². The van der Waals surface area contributed by atoms with Crippen LogP contribution in [0.2, 0.25) is 36.3 Å². The van der Waals surface area contributed by atoms with Gasteiger partial charge in [0.1, 0.15) is 0 Å². The predicted octanol–water partition coefficient (Wildman–Crippen LogP) is 13.5. The van der Waals surface area contributed by atoms with Crippen LogP contribution < -0.4 is 0 Å². The molecule has 1 aliphatic heterocycles. The molecule has 1 aromatic carbocycles. The topological polar surface area (TPSA) is 91.3 Å². The highest BCUT2D eigenvalue weighted by Gasteiger charge is 2.65. The summed E-state index contributed by atoms with van der Waals surface area (Å²) < 4.78 is 57.0. The first kappa shape index (κ1) is 51.0. The highest BCUT2D eigenvalue weighted by atomic mass is 32.2. The molecule has 1 aromatic rings. The summed E-state index contributed by atoms with van der Waals surface area (Å²) in [6, 6.07) is 8.84. The largest absolute Gasteiger partial charge is 0.413 e. The van der Waals surface area contributed by atoms with Gasteiger partial charge in [0, 0.05) is 18.3 Å². The molecule has 7 nitrogen and oxygen atoms in total. The van der Waals surface area contributed by atoms with E-state index >= 15 is 0 Å². The summed E-state index contributed by atoms with van der Waals surface area (Å²) in [5, 5.41) is 12.0. The number of aliphatic hydroxyl groups is 1. The summed E-state index contributed by atoms with van der Waals surface area (Å²) in [6.07, 6.45) is 16.7. The van der Waals surface area contributed by atoms with Crippen LogP contribution in [-0.4, -0.2) is 72.7 Å². The third-order valence-electron chi connectivity index (χ3n) is 17.9. The lowest BCUT2D eigenvalue weighted by molar-refractivity contribution is -0.214. The molecule has 1 saturated heterocycles. The SMILES string of the molecule is C=C1C(=CC=C2CCC[C@]3(C)[C@@H]([C@H](C)C(O)C(CC4(C5(CCCCC)OCCO5)CC4)S(=O)(=O)c4ccccc4)CC[C@@H]23)C[C@@H](O[Si](C)(C)C(C)(C)C)C[C@@H]1O[Si](C)(C)C(C)(C)C. The molecule has 6 rings (SSSR count). The van der Waals surface area contributed by atoms with Gasteiger partial charge in [-0.2, -0.15) is 0 Å². The Morgan fingerprint density at radius 2 is 1.54 bits per heavy atom. The van der Waals surface area contributed by atoms with Gasteiger partial charge in [-0.15, -0.1) is 0 Å². The first-order valence-corrected chi connectivity index (χ1v) is 32.3. The zero-order chi connectivity index (χ0) is 46.4. The molecule has 8 atom stereocenters. The summed E-state index contributed by atoms with van der Waals surface area (Å²) in [7, 11) is -8.01. The van der Waals surface area contributed by atoms with Crippen molar-refractivity contribution in [2.24, 2.45) is 28.6 Å². The summed E-state index contributed by atoms with van der Waals surface area (Å²) in [5.41, 5.74) is 3.36. The minimum atomic E-state index is -3.89. The Hall–Kier alpha value is -1.38. The summed E-state index contributed by atoms with van der Waals surface area (Å²) in [6.45, 7) is 35.8. The first-order chi connectivity index (χ1) is 29.2. The van der Waals surface area contributed by atoms with E-state index in [9.17, 15) is 13.5 Å². The maximum absolute atomic E-state index is 14.9. The lowest BCUT2D eigenvalue weighted by atomic mass is 9.60. The van der Waals surface area contributed by atoms with E-state index in [1.807, 2.05) is 6.07 Å². The number of sulfone groups is 1. The van der Waals surface area contributed by atoms with Crippen molar-refractivity contribution in [1.29, 1.82) is 0 Å². The maximum atomic E-state index is 14.9. The van der Waals surface area contributed by atoms with Crippen molar-refractivity contribution in [3.63, 3.8) is 0 Å². The Kier molecular flexibility index (Phi) is 15.4. The molecule has 10 heteroatoms. The number of fused-ring (bicyclic) bond motifs is 1. The van der Waals surface area contributed by atoms with E-state index in [1.165, 1.54) is 11.1 Å². The number of unbranched alkanes of at least 4 members (excludes halogenated alkanes) is 2. The second-order valence-electron chi connectivity index (χ2n) is 24.0. The fraction of sp³-hybridized carbons (Fsp3) is 0.774. The van der Waals surface area contributed by atoms with E-state index < -0.39 is 49.0 Å². The van der Waals surface area contributed by atoms with Gasteiger partial charge in [0.05, 0.1) is 41.7 Å². The molecule has 63 heavy (non-hydrogen) atoms. The molecule has 356 valence electrons. The van der Waals surface area contributed by atoms with Crippen LogP contribution in [0.5, 0.6) is 0 Å². The first-order valence-electron chi connectivity index (χ1n) is 24.9. The van der Waals surface area contributed by atoms with Crippen LogP contribution in [0.1, 0.15) is 152 Å². The van der Waals surface area contributed by atoms with Gasteiger partial charge in [-0.25, -0.2) is 8.42 Å². The second-order valence-corrected chi connectivity index (χ2v) is 35.7. The van der Waals surface area contributed by atoms with Crippen LogP contribution in [-0.2, 0) is 28.2 Å². The molecule has 0 amide bonds. The lowest BCUT2D eigenvalue weighted by Crippen LogP contribution is -2.49. The van der Waals surface area contributed by atoms with Crippen LogP contribution in [0.25, 0.3) is 0 Å². The molecule has 1 N–H and O–H groups in total. The fourth-order valence-corrected chi connectivity index (χ4v) is 16.4. The Morgan fingerprint density at radius 3 is 2.13 bits per heavy atom. The van der Waals surface area contributed by atoms with Crippen LogP contribution in [0, 0.1) is 28.6 Å². The molecule has 2 unspecified atom stereocenters. The highest BCUT2D eigenvalue weighted by molar-refractivity contribution is 7.92. The smallest absolute Gasteiger partial charge is 0.192 e. The third-order valence-corrected chi connectivity index (χ3v) is 29.1. The lowest BCUT2D eigenvalue weighted by Gasteiger charge is -2.46. The van der Waals surface area contributed by atoms with Crippen molar-refractivity contribution < 1.29 is 31.9 Å². The summed E-state index contributed by atoms with van der Waals surface area (Å²) in [4.78, 5) is 0.287. The van der Waals surface area contributed by atoms with Crippen molar-refractivity contribution >= 4 is 26.5 Å². The molecule has 0 bridgehead atoms. The standard InChI is InChI=1S/C53H88O7SSi2/c1-15-16-20-30-53(57-33-34-58-53)52(31-32-52)37-47(61(55,56)43-23-18-17-19-24-43)48(54)39(3)44-27-28-45-40(22-21-29-51(44,45)10)25-26-41-35-42(59-62(11,12)49(4,5)6)36-46(38(41)2)60-63(13,14)50(7,8)9/h17-19,23-26,39,42,44-48,54H,2,15-16,20-22,27-37H2,1,3-14H3/t39-,42+,44+,45-,46-,47?,48?,51+/m0/s1. The van der Waals surface area contributed by atoms with Gasteiger partial charge >= 0.3 is 0 Å². The van der Waals surface area contributed by atoms with E-state index in [2.05, 4.69) is 101 Å². The molecule has 5 aliphatic rings. The van der Waals surface area contributed by atoms with E-state index in [0.717, 1.165) is 89.0 Å². The van der Waals surface area contributed by atoms with Gasteiger partial charge in [-0.1, -0.05) is 118 Å². The predicted molar refractivity (Wildman–Crippen MR) is 264 cm³/mol. The quantitative estimate of drug-likeness (QED) is 0.123. The van der Waals surface area contributed by atoms with Crippen LogP contribution in [0.15, 0.2) is 70.7 Å². The normalized spacial score (nSPS) is 30.7. The zero-order valence-electron chi connectivity index (χ0n) is 41.9. The van der Waals surface area contributed by atoms with Gasteiger partial charge in [0.25, 0.3) is 0 Å². The molecular formula is C53H88O7SSi2. The molecule has 4 aliphatic carbocycles. The average Bonchev–Trinajstić information content (AvgIpc) is 3.68. The van der Waals surface area contributed by atoms with E-state index in [1.54, 1.807) is 24.3 Å². The van der Waals surface area contributed by atoms with Crippen molar-refractivity contribution in [2.45, 2.75) is 223 Å². The molecule has 5 fully saturated rings. The average molecular weight is 926 g/mol. The Morgan fingerprint density at radius 1 is 0.921 bits per heavy atom. The third kappa shape index (κ3) is 10.4. The number of benzene rings is 1. The van der Waals surface area contributed by atoms with Gasteiger partial charge in [-0.05, 0) is 147 Å². The van der Waals surface area contributed by atoms with Crippen LogP contribution in [0.4, 0.5) is 0 Å². The molecule has 4 saturated carbocycles. The van der Waals surface area contributed by atoms with Crippen LogP contribution >= 0.6 is 0 Å². The Labute approximate surface area is 386 Å². The van der Waals surface area contributed by atoms with E-state index in [-0.39, 0.29) is 44.4 Å². The minimum Gasteiger partial charge on any atom is -0.413 e. The molecule has 0 aromatic heterocycles. The number of hydrogen-bond acceptors (Lipinski definition) is 7. The van der Waals surface area contributed by atoms with Crippen LogP contribution in [0.3, 0.4) is 0 Å². The fourth-order valence-electron chi connectivity index (χ4n) is 11.7. The molecular weight excluding hydrogens is 837 g/mol. The van der Waals surface area contributed by atoms with Crippen molar-refractivity contribution in [1.82, 2.24) is 0 Å². The number of rotatable bonds is 17. The number of ether oxygens (including phenoxy) is 2. The Balaban J connectivity index is 1.28. The monoisotopic (exact) mass is 925 g/mol. The van der Waals surface area contributed by atoms with E-state index in [4.69, 9.17) is 24.9 Å². The summed E-state index contributed by atoms with van der Waals surface area (Å²) in [5.74, 6) is -0.434. The number of allylic oxidation sites excluding steroid dienone is 3. The minimum absolute atomic E-state index is 0.0497. The van der Waals surface area contributed by atoms with Gasteiger partial charge in [-0.3, -0.25) is 0 Å². The van der Waals surface area contributed by atoms with Gasteiger partial charge < -0.3 is 23.4 Å². The van der Waals surface area contributed by atoms with Crippen molar-refractivity contribution in [2.75, 3.05) is 13.2 Å². The van der Waals surface area contributed by atoms with Gasteiger partial charge in [0.2, 0.25) is 0 Å². The zero-order valence-corrected chi connectivity index (χ0v) is 44.7. The highest BCUT2D eigenvalue weighted by Crippen LogP contribution is 2.64. The summed E-state index contributed by atoms with van der Waals surface area (Å²) >= 11 is 0. The second kappa shape index (κ2) is 19.0. The van der Waals surface area contributed by atoms with E-state index in [0.29, 0.717) is 25.6 Å². The van der Waals surface area contributed by atoms with Gasteiger partial charge in [0.15, 0.2) is 32.3 Å².